The molecule has 1 fully saturated rings. The fraction of sp³-hybridized carbons (Fsp3) is 0.350. The van der Waals surface area contributed by atoms with Gasteiger partial charge in [0.15, 0.2) is 0 Å². The molecule has 2 amide bonds. The number of hydrogen-bond acceptors (Lipinski definition) is 4. The number of thiophene rings is 1. The monoisotopic (exact) mass is 367 g/mol. The van der Waals surface area contributed by atoms with Crippen LogP contribution in [0.1, 0.15) is 35.7 Å². The first-order valence-corrected chi connectivity index (χ1v) is 9.75. The average molecular weight is 367 g/mol. The van der Waals surface area contributed by atoms with Gasteiger partial charge in [0, 0.05) is 19.4 Å². The molecule has 1 aromatic carbocycles. The van der Waals surface area contributed by atoms with Crippen molar-refractivity contribution in [2.24, 2.45) is 11.0 Å². The van der Waals surface area contributed by atoms with Gasteiger partial charge in [-0.05, 0) is 29.9 Å². The highest BCUT2D eigenvalue weighted by Crippen LogP contribution is 2.34. The van der Waals surface area contributed by atoms with Crippen molar-refractivity contribution in [3.05, 3.63) is 58.3 Å². The predicted octanol–water partition coefficient (Wildman–Crippen LogP) is 3.29. The van der Waals surface area contributed by atoms with Crippen LogP contribution in [0.25, 0.3) is 0 Å². The number of hydrogen-bond donors (Lipinski definition) is 0. The molecule has 1 aromatic heterocycles. The van der Waals surface area contributed by atoms with Gasteiger partial charge < -0.3 is 4.90 Å². The lowest BCUT2D eigenvalue weighted by atomic mass is 10.0. The smallest absolute Gasteiger partial charge is 0.262 e. The molecule has 134 valence electrons. The molecule has 1 aliphatic heterocycles. The third-order valence-electron chi connectivity index (χ3n) is 4.83. The van der Waals surface area contributed by atoms with Crippen molar-refractivity contribution in [3.8, 4) is 0 Å². The molecule has 6 heteroatoms. The Bertz CT molecular complexity index is 828. The van der Waals surface area contributed by atoms with Crippen LogP contribution in [0, 0.1) is 5.92 Å². The minimum Gasteiger partial charge on any atom is -0.336 e. The molecule has 0 spiro atoms. The van der Waals surface area contributed by atoms with E-state index in [9.17, 15) is 9.59 Å². The summed E-state index contributed by atoms with van der Waals surface area (Å²) in [6.45, 7) is 0.0693. The van der Waals surface area contributed by atoms with Gasteiger partial charge in [0.2, 0.25) is 5.91 Å². The highest BCUT2D eigenvalue weighted by molar-refractivity contribution is 7.12. The second-order valence-electron chi connectivity index (χ2n) is 6.86. The van der Waals surface area contributed by atoms with Gasteiger partial charge in [-0.15, -0.1) is 11.3 Å². The summed E-state index contributed by atoms with van der Waals surface area (Å²) in [6.07, 6.45) is 2.57. The molecule has 2 aliphatic rings. The quantitative estimate of drug-likeness (QED) is 0.814. The summed E-state index contributed by atoms with van der Waals surface area (Å²) in [5.74, 6) is 0.0413. The van der Waals surface area contributed by atoms with Gasteiger partial charge in [-0.25, -0.2) is 5.01 Å². The fourth-order valence-corrected chi connectivity index (χ4v) is 3.98. The lowest BCUT2D eigenvalue weighted by molar-refractivity contribution is -0.141. The van der Waals surface area contributed by atoms with E-state index in [0.29, 0.717) is 6.42 Å². The van der Waals surface area contributed by atoms with E-state index < -0.39 is 0 Å². The molecule has 0 saturated heterocycles. The third kappa shape index (κ3) is 3.42. The Balaban J connectivity index is 1.56. The zero-order chi connectivity index (χ0) is 18.1. The number of amides is 2. The van der Waals surface area contributed by atoms with Gasteiger partial charge >= 0.3 is 0 Å². The number of nitrogens with zero attached hydrogens (tertiary/aromatic N) is 3. The Morgan fingerprint density at radius 2 is 1.96 bits per heavy atom. The second kappa shape index (κ2) is 7.03. The van der Waals surface area contributed by atoms with Crippen LogP contribution in [0.5, 0.6) is 0 Å². The van der Waals surface area contributed by atoms with Gasteiger partial charge in [-0.1, -0.05) is 36.4 Å². The van der Waals surface area contributed by atoms with E-state index in [1.807, 2.05) is 47.8 Å². The third-order valence-corrected chi connectivity index (χ3v) is 5.75. The highest BCUT2D eigenvalue weighted by atomic mass is 32.1. The number of likely N-dealkylation sites (N-methyl/N-ethyl adjacent to an activating group) is 1. The Hall–Kier alpha value is -2.47. The SMILES string of the molecule is CN(CC(=O)N1N=C(c2cccs2)CC1c1ccccc1)C(=O)C1CC1. The van der Waals surface area contributed by atoms with Crippen molar-refractivity contribution in [3.63, 3.8) is 0 Å². The van der Waals surface area contributed by atoms with E-state index in [4.69, 9.17) is 0 Å². The first-order valence-electron chi connectivity index (χ1n) is 8.87. The Morgan fingerprint density at radius 3 is 2.62 bits per heavy atom. The van der Waals surface area contributed by atoms with Crippen molar-refractivity contribution in [1.29, 1.82) is 0 Å². The van der Waals surface area contributed by atoms with Crippen LogP contribution in [0.4, 0.5) is 0 Å². The zero-order valence-corrected chi connectivity index (χ0v) is 15.5. The Labute approximate surface area is 156 Å². The predicted molar refractivity (Wildman–Crippen MR) is 102 cm³/mol. The first-order chi connectivity index (χ1) is 12.6. The summed E-state index contributed by atoms with van der Waals surface area (Å²) < 4.78 is 0. The van der Waals surface area contributed by atoms with E-state index >= 15 is 0 Å². The number of rotatable bonds is 5. The first kappa shape index (κ1) is 17.0. The number of hydrazone groups is 1. The minimum absolute atomic E-state index is 0.0660. The molecular formula is C20H21N3O2S. The molecule has 1 unspecified atom stereocenters. The molecule has 0 N–H and O–H groups in total. The molecule has 26 heavy (non-hydrogen) atoms. The normalized spacial score (nSPS) is 19.3. The van der Waals surface area contributed by atoms with Gasteiger partial charge in [0.05, 0.1) is 16.6 Å². The highest BCUT2D eigenvalue weighted by Gasteiger charge is 2.36. The van der Waals surface area contributed by atoms with E-state index in [0.717, 1.165) is 29.0 Å². The van der Waals surface area contributed by atoms with E-state index in [1.54, 1.807) is 28.3 Å². The Morgan fingerprint density at radius 1 is 1.19 bits per heavy atom. The van der Waals surface area contributed by atoms with E-state index in [2.05, 4.69) is 5.10 Å². The lowest BCUT2D eigenvalue weighted by Crippen LogP contribution is -2.39. The molecule has 2 aromatic rings. The van der Waals surface area contributed by atoms with Crippen LogP contribution in [0.2, 0.25) is 0 Å². The molecule has 5 nitrogen and oxygen atoms in total. The summed E-state index contributed by atoms with van der Waals surface area (Å²) in [7, 11) is 1.70. The van der Waals surface area contributed by atoms with E-state index in [1.165, 1.54) is 0 Å². The van der Waals surface area contributed by atoms with Gasteiger partial charge in [-0.3, -0.25) is 9.59 Å². The molecule has 1 atom stereocenters. The van der Waals surface area contributed by atoms with Crippen molar-refractivity contribution >= 4 is 28.9 Å². The van der Waals surface area contributed by atoms with Crippen LogP contribution in [0.3, 0.4) is 0 Å². The number of carbonyl (C=O) groups is 2. The van der Waals surface area contributed by atoms with Crippen molar-refractivity contribution in [1.82, 2.24) is 9.91 Å². The largest absolute Gasteiger partial charge is 0.336 e. The summed E-state index contributed by atoms with van der Waals surface area (Å²) in [4.78, 5) is 27.7. The van der Waals surface area contributed by atoms with Crippen molar-refractivity contribution < 1.29 is 9.59 Å². The molecule has 4 rings (SSSR count). The summed E-state index contributed by atoms with van der Waals surface area (Å²) in [5.41, 5.74) is 1.99. The van der Waals surface area contributed by atoms with Crippen molar-refractivity contribution in [2.45, 2.75) is 25.3 Å². The van der Waals surface area contributed by atoms with Crippen LogP contribution in [-0.2, 0) is 9.59 Å². The maximum Gasteiger partial charge on any atom is 0.262 e. The van der Waals surface area contributed by atoms with Crippen molar-refractivity contribution in [2.75, 3.05) is 13.6 Å². The molecule has 1 saturated carbocycles. The van der Waals surface area contributed by atoms with Gasteiger partial charge in [-0.2, -0.15) is 5.10 Å². The summed E-state index contributed by atoms with van der Waals surface area (Å²) in [6, 6.07) is 13.9. The minimum atomic E-state index is -0.137. The van der Waals surface area contributed by atoms with Crippen LogP contribution in [-0.4, -0.2) is 41.0 Å². The topological polar surface area (TPSA) is 53.0 Å². The summed E-state index contributed by atoms with van der Waals surface area (Å²) >= 11 is 1.63. The average Bonchev–Trinajstić information content (AvgIpc) is 3.18. The maximum atomic E-state index is 12.9. The number of carbonyl (C=O) groups excluding carboxylic acids is 2. The van der Waals surface area contributed by atoms with Crippen LogP contribution < -0.4 is 0 Å². The maximum absolute atomic E-state index is 12.9. The second-order valence-corrected chi connectivity index (χ2v) is 7.81. The molecule has 0 radical (unpaired) electrons. The molecule has 2 heterocycles. The summed E-state index contributed by atoms with van der Waals surface area (Å²) in [5, 5.41) is 8.22. The zero-order valence-electron chi connectivity index (χ0n) is 14.7. The van der Waals surface area contributed by atoms with Gasteiger partial charge in [0.25, 0.3) is 5.91 Å². The molecule has 0 bridgehead atoms. The molecule has 1 aliphatic carbocycles. The van der Waals surface area contributed by atoms with Crippen LogP contribution >= 0.6 is 11.3 Å². The number of benzene rings is 1. The standard InChI is InChI=1S/C20H21N3O2S/c1-22(20(25)15-9-10-15)13-19(24)23-17(14-6-3-2-4-7-14)12-16(21-23)18-8-5-11-26-18/h2-8,11,15,17H,9-10,12-13H2,1H3. The van der Waals surface area contributed by atoms with Gasteiger partial charge in [0.1, 0.15) is 6.54 Å². The lowest BCUT2D eigenvalue weighted by Gasteiger charge is -2.25. The van der Waals surface area contributed by atoms with Crippen LogP contribution in [0.15, 0.2) is 52.9 Å². The molecular weight excluding hydrogens is 346 g/mol. The van der Waals surface area contributed by atoms with E-state index in [-0.39, 0.29) is 30.3 Å². The Kier molecular flexibility index (Phi) is 4.59. The fourth-order valence-electron chi connectivity index (χ4n) is 3.26.